The quantitative estimate of drug-likeness (QED) is 0.853. The first-order chi connectivity index (χ1) is 9.49. The van der Waals surface area contributed by atoms with Crippen molar-refractivity contribution in [2.24, 2.45) is 0 Å². The van der Waals surface area contributed by atoms with Crippen molar-refractivity contribution in [2.75, 3.05) is 11.9 Å². The Bertz CT molecular complexity index is 601. The van der Waals surface area contributed by atoms with Gasteiger partial charge in [0, 0.05) is 18.1 Å². The van der Waals surface area contributed by atoms with Crippen molar-refractivity contribution in [1.82, 2.24) is 0 Å². The van der Waals surface area contributed by atoms with Crippen LogP contribution < -0.4 is 4.90 Å². The third kappa shape index (κ3) is 3.54. The molecule has 0 radical (unpaired) electrons. The van der Waals surface area contributed by atoms with Gasteiger partial charge in [0.05, 0.1) is 16.8 Å². The molecule has 4 heteroatoms. The van der Waals surface area contributed by atoms with Crippen molar-refractivity contribution in [3.8, 4) is 0 Å². The summed E-state index contributed by atoms with van der Waals surface area (Å²) in [5, 5.41) is 10.2. The average Bonchev–Trinajstić information content (AvgIpc) is 2.41. The molecule has 2 rings (SSSR count). The monoisotopic (exact) mass is 353 g/mol. The van der Waals surface area contributed by atoms with E-state index in [-0.39, 0.29) is 0 Å². The van der Waals surface area contributed by atoms with Gasteiger partial charge >= 0.3 is 0 Å². The van der Waals surface area contributed by atoms with Crippen molar-refractivity contribution < 1.29 is 5.11 Å². The highest BCUT2D eigenvalue weighted by Crippen LogP contribution is 2.30. The zero-order valence-corrected chi connectivity index (χ0v) is 13.8. The molecule has 0 aliphatic heterocycles. The average molecular weight is 355 g/mol. The van der Waals surface area contributed by atoms with Crippen molar-refractivity contribution in [2.45, 2.75) is 19.6 Å². The van der Waals surface area contributed by atoms with Gasteiger partial charge in [-0.3, -0.25) is 0 Å². The summed E-state index contributed by atoms with van der Waals surface area (Å²) in [6, 6.07) is 13.8. The fraction of sp³-hybridized carbons (Fsp3) is 0.250. The zero-order chi connectivity index (χ0) is 14.7. The van der Waals surface area contributed by atoms with E-state index in [0.717, 1.165) is 22.3 Å². The number of anilines is 1. The largest absolute Gasteiger partial charge is 0.389 e. The maximum absolute atomic E-state index is 9.57. The van der Waals surface area contributed by atoms with Gasteiger partial charge in [-0.2, -0.15) is 0 Å². The van der Waals surface area contributed by atoms with Crippen LogP contribution in [0.25, 0.3) is 0 Å². The molecule has 2 aromatic carbocycles. The second kappa shape index (κ2) is 6.61. The first-order valence-electron chi connectivity index (χ1n) is 6.41. The molecule has 0 saturated carbocycles. The lowest BCUT2D eigenvalue weighted by atomic mass is 10.1. The number of benzene rings is 2. The summed E-state index contributed by atoms with van der Waals surface area (Å²) in [5.74, 6) is 0. The van der Waals surface area contributed by atoms with Crippen LogP contribution in [0.3, 0.4) is 0 Å². The van der Waals surface area contributed by atoms with Gasteiger partial charge in [-0.25, -0.2) is 0 Å². The van der Waals surface area contributed by atoms with Crippen LogP contribution in [0, 0.1) is 0 Å². The highest BCUT2D eigenvalue weighted by Gasteiger charge is 2.10. The van der Waals surface area contributed by atoms with Crippen molar-refractivity contribution in [3.63, 3.8) is 0 Å². The van der Waals surface area contributed by atoms with Gasteiger partial charge in [0.1, 0.15) is 0 Å². The van der Waals surface area contributed by atoms with Crippen LogP contribution >= 0.6 is 27.5 Å². The lowest BCUT2D eigenvalue weighted by molar-refractivity contribution is 0.199. The summed E-state index contributed by atoms with van der Waals surface area (Å²) in [6.07, 6.45) is -0.505. The number of halogens is 2. The minimum atomic E-state index is -0.505. The molecule has 1 N–H and O–H groups in total. The lowest BCUT2D eigenvalue weighted by Crippen LogP contribution is -2.17. The van der Waals surface area contributed by atoms with E-state index in [9.17, 15) is 5.11 Å². The lowest BCUT2D eigenvalue weighted by Gasteiger charge is -2.22. The van der Waals surface area contributed by atoms with Gasteiger partial charge in [-0.1, -0.05) is 51.8 Å². The van der Waals surface area contributed by atoms with Crippen molar-refractivity contribution in [1.29, 1.82) is 0 Å². The summed E-state index contributed by atoms with van der Waals surface area (Å²) in [7, 11) is 2.00. The summed E-state index contributed by atoms with van der Waals surface area (Å²) in [5.41, 5.74) is 2.98. The Morgan fingerprint density at radius 2 is 1.95 bits per heavy atom. The Balaban J connectivity index is 2.21. The van der Waals surface area contributed by atoms with Gasteiger partial charge in [-0.05, 0) is 36.2 Å². The van der Waals surface area contributed by atoms with E-state index in [4.69, 9.17) is 11.6 Å². The normalized spacial score (nSPS) is 12.2. The summed E-state index contributed by atoms with van der Waals surface area (Å²) in [6.45, 7) is 2.49. The Labute approximate surface area is 133 Å². The first kappa shape index (κ1) is 15.4. The van der Waals surface area contributed by atoms with Crippen molar-refractivity contribution >= 4 is 33.2 Å². The molecule has 20 heavy (non-hydrogen) atoms. The van der Waals surface area contributed by atoms with E-state index in [1.807, 2.05) is 43.4 Å². The summed E-state index contributed by atoms with van der Waals surface area (Å²) >= 11 is 9.86. The SMILES string of the molecule is C[C@@H](O)c1ccc(N(C)Cc2ccccc2Br)c(Cl)c1. The second-order valence-electron chi connectivity index (χ2n) is 4.83. The maximum Gasteiger partial charge on any atom is 0.0762 e. The molecule has 0 aromatic heterocycles. The van der Waals surface area contributed by atoms with Crippen LogP contribution in [0.5, 0.6) is 0 Å². The van der Waals surface area contributed by atoms with E-state index in [1.165, 1.54) is 5.56 Å². The van der Waals surface area contributed by atoms with E-state index >= 15 is 0 Å². The molecule has 1 atom stereocenters. The van der Waals surface area contributed by atoms with Gasteiger partial charge in [-0.15, -0.1) is 0 Å². The number of nitrogens with zero attached hydrogens (tertiary/aromatic N) is 1. The predicted molar refractivity (Wildman–Crippen MR) is 88.3 cm³/mol. The van der Waals surface area contributed by atoms with Crippen LogP contribution in [0.4, 0.5) is 5.69 Å². The number of hydrogen-bond acceptors (Lipinski definition) is 2. The highest BCUT2D eigenvalue weighted by molar-refractivity contribution is 9.10. The molecular weight excluding hydrogens is 338 g/mol. The zero-order valence-electron chi connectivity index (χ0n) is 11.5. The highest BCUT2D eigenvalue weighted by atomic mass is 79.9. The number of aliphatic hydroxyl groups is 1. The summed E-state index contributed by atoms with van der Waals surface area (Å²) in [4.78, 5) is 2.09. The molecule has 2 aromatic rings. The molecule has 0 amide bonds. The Morgan fingerprint density at radius 3 is 2.55 bits per heavy atom. The van der Waals surface area contributed by atoms with E-state index in [0.29, 0.717) is 5.02 Å². The molecule has 0 aliphatic rings. The smallest absolute Gasteiger partial charge is 0.0762 e. The third-order valence-corrected chi connectivity index (χ3v) is 4.31. The Hall–Kier alpha value is -1.03. The standard InChI is InChI=1S/C16H17BrClNO/c1-11(20)12-7-8-16(15(18)9-12)19(2)10-13-5-3-4-6-14(13)17/h3-9,11,20H,10H2,1-2H3/t11-/m1/s1. The van der Waals surface area contributed by atoms with Gasteiger partial charge in [0.2, 0.25) is 0 Å². The van der Waals surface area contributed by atoms with Gasteiger partial charge in [0.25, 0.3) is 0 Å². The fourth-order valence-corrected chi connectivity index (χ4v) is 2.80. The molecular formula is C16H17BrClNO. The van der Waals surface area contributed by atoms with Crippen LogP contribution in [-0.2, 0) is 6.54 Å². The topological polar surface area (TPSA) is 23.5 Å². The maximum atomic E-state index is 9.57. The van der Waals surface area contributed by atoms with Crippen molar-refractivity contribution in [3.05, 3.63) is 63.1 Å². The fourth-order valence-electron chi connectivity index (χ4n) is 2.06. The van der Waals surface area contributed by atoms with Gasteiger partial charge in [0.15, 0.2) is 0 Å². The number of hydrogen-bond donors (Lipinski definition) is 1. The molecule has 0 fully saturated rings. The molecule has 0 aliphatic carbocycles. The van der Waals surface area contributed by atoms with Crippen LogP contribution in [0.1, 0.15) is 24.2 Å². The first-order valence-corrected chi connectivity index (χ1v) is 7.58. The number of aliphatic hydroxyl groups excluding tert-OH is 1. The Morgan fingerprint density at radius 1 is 1.25 bits per heavy atom. The Kier molecular flexibility index (Phi) is 5.08. The summed E-state index contributed by atoms with van der Waals surface area (Å²) < 4.78 is 1.09. The molecule has 2 nitrogen and oxygen atoms in total. The molecule has 0 bridgehead atoms. The number of rotatable bonds is 4. The predicted octanol–water partition coefficient (Wildman–Crippen LogP) is 4.79. The molecule has 0 saturated heterocycles. The van der Waals surface area contributed by atoms with E-state index in [2.05, 4.69) is 26.9 Å². The second-order valence-corrected chi connectivity index (χ2v) is 6.10. The van der Waals surface area contributed by atoms with E-state index < -0.39 is 6.10 Å². The van der Waals surface area contributed by atoms with Crippen LogP contribution in [0.2, 0.25) is 5.02 Å². The molecule has 106 valence electrons. The van der Waals surface area contributed by atoms with Crippen LogP contribution in [-0.4, -0.2) is 12.2 Å². The minimum Gasteiger partial charge on any atom is -0.389 e. The molecule has 0 unspecified atom stereocenters. The minimum absolute atomic E-state index is 0.505. The van der Waals surface area contributed by atoms with E-state index in [1.54, 1.807) is 6.92 Å². The van der Waals surface area contributed by atoms with Crippen LogP contribution in [0.15, 0.2) is 46.9 Å². The van der Waals surface area contributed by atoms with Gasteiger partial charge < -0.3 is 10.0 Å². The molecule has 0 heterocycles. The molecule has 0 spiro atoms. The third-order valence-electron chi connectivity index (χ3n) is 3.23.